The molecule has 1 heterocycles. The molecule has 146 valence electrons. The zero-order valence-electron chi connectivity index (χ0n) is 16.8. The molecule has 0 bridgehead atoms. The van der Waals surface area contributed by atoms with Crippen LogP contribution in [0.25, 0.3) is 11.5 Å². The van der Waals surface area contributed by atoms with E-state index >= 15 is 0 Å². The molecule has 0 radical (unpaired) electrons. The summed E-state index contributed by atoms with van der Waals surface area (Å²) in [6.45, 7) is 12.8. The van der Waals surface area contributed by atoms with Crippen molar-refractivity contribution in [3.05, 3.63) is 24.3 Å². The van der Waals surface area contributed by atoms with E-state index in [1.54, 1.807) is 0 Å². The lowest BCUT2D eigenvalue weighted by atomic mass is 10.1. The second kappa shape index (κ2) is 9.94. The fourth-order valence-corrected chi connectivity index (χ4v) is 2.27. The highest BCUT2D eigenvalue weighted by atomic mass is 32.2. The van der Waals surface area contributed by atoms with Crippen LogP contribution >= 0.6 is 11.8 Å². The van der Waals surface area contributed by atoms with Crippen LogP contribution in [0.4, 0.5) is 0 Å². The van der Waals surface area contributed by atoms with Crippen LogP contribution in [0, 0.1) is 0 Å². The molecule has 2 aromatic rings. The fourth-order valence-electron chi connectivity index (χ4n) is 1.98. The number of ether oxygens (including phenoxy) is 2. The van der Waals surface area contributed by atoms with E-state index in [4.69, 9.17) is 19.6 Å². The first-order chi connectivity index (χ1) is 12.2. The minimum atomic E-state index is -0.455. The van der Waals surface area contributed by atoms with Gasteiger partial charge in [0.2, 0.25) is 5.89 Å². The monoisotopic (exact) mass is 381 g/mol. The Hall–Kier alpha value is -1.57. The third-order valence-corrected chi connectivity index (χ3v) is 3.51. The van der Waals surface area contributed by atoms with Crippen LogP contribution in [-0.4, -0.2) is 40.8 Å². The van der Waals surface area contributed by atoms with Crippen molar-refractivity contribution in [1.82, 2.24) is 10.2 Å². The van der Waals surface area contributed by atoms with Gasteiger partial charge in [0.25, 0.3) is 5.22 Å². The molecule has 6 nitrogen and oxygen atoms in total. The first-order valence-electron chi connectivity index (χ1n) is 8.72. The van der Waals surface area contributed by atoms with Gasteiger partial charge in [0.1, 0.15) is 11.4 Å². The zero-order valence-corrected chi connectivity index (χ0v) is 17.6. The third kappa shape index (κ3) is 7.76. The minimum Gasteiger partial charge on any atom is -0.485 e. The normalized spacial score (nSPS) is 11.7. The fraction of sp³-hybridized carbons (Fsp3) is 0.579. The molecule has 26 heavy (non-hydrogen) atoms. The lowest BCUT2D eigenvalue weighted by Crippen LogP contribution is -2.41. The summed E-state index contributed by atoms with van der Waals surface area (Å²) >= 11 is 1.42. The summed E-state index contributed by atoms with van der Waals surface area (Å²) in [4.78, 5) is 0. The van der Waals surface area contributed by atoms with Crippen molar-refractivity contribution in [3.8, 4) is 17.2 Å². The third-order valence-electron chi connectivity index (χ3n) is 3.00. The molecular formula is C19H31N3O3S. The van der Waals surface area contributed by atoms with Gasteiger partial charge in [0, 0.05) is 11.1 Å². The Morgan fingerprint density at radius 1 is 1.04 bits per heavy atom. The Labute approximate surface area is 160 Å². The molecule has 0 saturated heterocycles. The molecule has 0 fully saturated rings. The smallest absolute Gasteiger partial charge is 0.276 e. The van der Waals surface area contributed by atoms with E-state index in [0.29, 0.717) is 24.3 Å². The average molecular weight is 382 g/mol. The van der Waals surface area contributed by atoms with E-state index < -0.39 is 5.60 Å². The topological polar surface area (TPSA) is 83.4 Å². The van der Waals surface area contributed by atoms with E-state index in [2.05, 4.69) is 10.2 Å². The quantitative estimate of drug-likeness (QED) is 0.679. The summed E-state index contributed by atoms with van der Waals surface area (Å²) in [6, 6.07) is 7.56. The summed E-state index contributed by atoms with van der Waals surface area (Å²) in [5.74, 6) is 1.25. The minimum absolute atomic E-state index is 0.350. The molecule has 1 aromatic carbocycles. The van der Waals surface area contributed by atoms with Gasteiger partial charge in [-0.2, -0.15) is 0 Å². The predicted molar refractivity (Wildman–Crippen MR) is 107 cm³/mol. The molecule has 0 amide bonds. The van der Waals surface area contributed by atoms with Gasteiger partial charge >= 0.3 is 0 Å². The Balaban J connectivity index is 0.00000163. The van der Waals surface area contributed by atoms with Crippen molar-refractivity contribution in [2.75, 3.05) is 19.5 Å². The van der Waals surface area contributed by atoms with Crippen LogP contribution in [0.2, 0.25) is 0 Å². The van der Waals surface area contributed by atoms with Crippen LogP contribution < -0.4 is 10.5 Å². The number of thioether (sulfide) groups is 1. The van der Waals surface area contributed by atoms with Crippen LogP contribution in [0.1, 0.15) is 41.5 Å². The number of benzene rings is 1. The van der Waals surface area contributed by atoms with Crippen molar-refractivity contribution < 1.29 is 13.9 Å². The maximum Gasteiger partial charge on any atom is 0.276 e. The van der Waals surface area contributed by atoms with E-state index in [9.17, 15) is 0 Å². The predicted octanol–water partition coefficient (Wildman–Crippen LogP) is 4.40. The number of nitrogens with zero attached hydrogens (tertiary/aromatic N) is 2. The van der Waals surface area contributed by atoms with Crippen LogP contribution in [-0.2, 0) is 4.74 Å². The number of hydrogen-bond donors (Lipinski definition) is 1. The molecule has 0 unspecified atom stereocenters. The van der Waals surface area contributed by atoms with Crippen molar-refractivity contribution in [3.63, 3.8) is 0 Å². The molecule has 0 atom stereocenters. The number of hydrogen-bond acceptors (Lipinski definition) is 7. The summed E-state index contributed by atoms with van der Waals surface area (Å²) in [5, 5.41) is 8.50. The number of nitrogens with two attached hydrogens (primary N) is 1. The summed E-state index contributed by atoms with van der Waals surface area (Å²) in [7, 11) is 0. The van der Waals surface area contributed by atoms with E-state index in [1.807, 2.05) is 72.1 Å². The lowest BCUT2D eigenvalue weighted by Gasteiger charge is -2.28. The second-order valence-corrected chi connectivity index (χ2v) is 7.70. The highest BCUT2D eigenvalue weighted by Crippen LogP contribution is 2.25. The van der Waals surface area contributed by atoms with Gasteiger partial charge in [0.05, 0.1) is 13.2 Å². The highest BCUT2D eigenvalue weighted by molar-refractivity contribution is 7.98. The molecule has 2 N–H and O–H groups in total. The molecule has 1 aromatic heterocycles. The first kappa shape index (κ1) is 22.5. The van der Waals surface area contributed by atoms with Crippen LogP contribution in [0.3, 0.4) is 0 Å². The summed E-state index contributed by atoms with van der Waals surface area (Å²) in [5.41, 5.74) is 5.96. The molecule has 0 aliphatic rings. The molecular weight excluding hydrogens is 350 g/mol. The molecule has 0 spiro atoms. The van der Waals surface area contributed by atoms with Crippen molar-refractivity contribution in [2.24, 2.45) is 5.73 Å². The van der Waals surface area contributed by atoms with Gasteiger partial charge < -0.3 is 19.6 Å². The lowest BCUT2D eigenvalue weighted by molar-refractivity contribution is -0.0151. The number of rotatable bonds is 8. The van der Waals surface area contributed by atoms with Gasteiger partial charge in [-0.3, -0.25) is 0 Å². The molecule has 0 aliphatic carbocycles. The van der Waals surface area contributed by atoms with Gasteiger partial charge in [0.15, 0.2) is 0 Å². The van der Waals surface area contributed by atoms with Crippen molar-refractivity contribution in [2.45, 2.75) is 57.9 Å². The largest absolute Gasteiger partial charge is 0.485 e. The van der Waals surface area contributed by atoms with Crippen LogP contribution in [0.5, 0.6) is 5.75 Å². The molecule has 0 saturated carbocycles. The summed E-state index contributed by atoms with van der Waals surface area (Å²) < 4.78 is 17.2. The van der Waals surface area contributed by atoms with Gasteiger partial charge in [-0.25, -0.2) is 0 Å². The van der Waals surface area contributed by atoms with Gasteiger partial charge in [-0.1, -0.05) is 25.6 Å². The maximum atomic E-state index is 6.00. The molecule has 7 heteroatoms. The van der Waals surface area contributed by atoms with Crippen LogP contribution in [0.15, 0.2) is 33.9 Å². The Bertz CT molecular complexity index is 649. The molecule has 0 aliphatic heterocycles. The highest BCUT2D eigenvalue weighted by Gasteiger charge is 2.22. The molecule has 2 rings (SSSR count). The Kier molecular flexibility index (Phi) is 8.59. The Morgan fingerprint density at radius 3 is 2.15 bits per heavy atom. The van der Waals surface area contributed by atoms with Crippen molar-refractivity contribution >= 4 is 11.8 Å². The van der Waals surface area contributed by atoms with Crippen molar-refractivity contribution in [1.29, 1.82) is 0 Å². The first-order valence-corrected chi connectivity index (χ1v) is 9.95. The Morgan fingerprint density at radius 2 is 1.65 bits per heavy atom. The van der Waals surface area contributed by atoms with Gasteiger partial charge in [-0.15, -0.1) is 10.2 Å². The standard InChI is InChI=1S/C17H25N3O3S.C2H6/c1-16(2,18)10-21-11-17(3,4)23-13-8-6-12(7-9-13)14-19-20-15(22-14)24-5;1-2/h6-9H,10-11,18H2,1-5H3;1-2H3. The number of aromatic nitrogens is 2. The average Bonchev–Trinajstić information content (AvgIpc) is 3.04. The van der Waals surface area contributed by atoms with Gasteiger partial charge in [-0.05, 0) is 58.2 Å². The zero-order chi connectivity index (χ0) is 19.8. The second-order valence-electron chi connectivity index (χ2n) is 6.94. The summed E-state index contributed by atoms with van der Waals surface area (Å²) in [6.07, 6.45) is 1.89. The SMILES string of the molecule is CC.CSc1nnc(-c2ccc(OC(C)(C)COCC(C)(C)N)cc2)o1. The van der Waals surface area contributed by atoms with E-state index in [0.717, 1.165) is 11.3 Å². The van der Waals surface area contributed by atoms with E-state index in [-0.39, 0.29) is 5.54 Å². The van der Waals surface area contributed by atoms with E-state index in [1.165, 1.54) is 11.8 Å². The maximum absolute atomic E-state index is 6.00.